The average Bonchev–Trinajstić information content (AvgIpc) is 2.94. The van der Waals surface area contributed by atoms with Crippen LogP contribution in [0.5, 0.6) is 5.88 Å². The van der Waals surface area contributed by atoms with Crippen LogP contribution in [-0.2, 0) is 0 Å². The van der Waals surface area contributed by atoms with E-state index in [2.05, 4.69) is 15.2 Å². The molecule has 3 rings (SSSR count). The number of aromatic nitrogens is 1. The van der Waals surface area contributed by atoms with Crippen LogP contribution in [0.4, 0.5) is 5.69 Å². The van der Waals surface area contributed by atoms with E-state index in [4.69, 9.17) is 18.0 Å². The van der Waals surface area contributed by atoms with Crippen LogP contribution in [0.15, 0.2) is 58.8 Å². The Kier molecular flexibility index (Phi) is 4.72. The normalized spacial score (nSPS) is 11.9. The van der Waals surface area contributed by atoms with Crippen molar-refractivity contribution in [1.82, 2.24) is 4.98 Å². The summed E-state index contributed by atoms with van der Waals surface area (Å²) in [6.07, 6.45) is 1.56. The van der Waals surface area contributed by atoms with E-state index < -0.39 is 4.92 Å². The summed E-state index contributed by atoms with van der Waals surface area (Å²) < 4.78 is 0. The Labute approximate surface area is 152 Å². The minimum Gasteiger partial charge on any atom is -0.494 e. The number of H-pyrrole nitrogens is 1. The van der Waals surface area contributed by atoms with Crippen molar-refractivity contribution in [3.63, 3.8) is 0 Å². The highest BCUT2D eigenvalue weighted by molar-refractivity contribution is 7.80. The molecule has 8 nitrogen and oxygen atoms in total. The zero-order valence-electron chi connectivity index (χ0n) is 13.3. The highest BCUT2D eigenvalue weighted by atomic mass is 32.1. The molecular formula is C17H13N5O3S. The molecule has 0 bridgehead atoms. The molecule has 0 saturated carbocycles. The average molecular weight is 367 g/mol. The maximum atomic E-state index is 11.2. The van der Waals surface area contributed by atoms with Crippen LogP contribution in [-0.4, -0.2) is 20.1 Å². The van der Waals surface area contributed by atoms with E-state index >= 15 is 0 Å². The molecule has 9 heteroatoms. The second kappa shape index (κ2) is 7.11. The second-order valence-electron chi connectivity index (χ2n) is 5.28. The van der Waals surface area contributed by atoms with Crippen LogP contribution in [0.25, 0.3) is 22.7 Å². The number of benzene rings is 2. The molecule has 0 aliphatic heterocycles. The van der Waals surface area contributed by atoms with E-state index in [0.717, 1.165) is 0 Å². The lowest BCUT2D eigenvalue weighted by Gasteiger charge is -2.01. The van der Waals surface area contributed by atoms with Crippen molar-refractivity contribution in [2.45, 2.75) is 0 Å². The first-order valence-corrected chi connectivity index (χ1v) is 7.84. The number of hydrogen-bond donors (Lipinski definition) is 3. The summed E-state index contributed by atoms with van der Waals surface area (Å²) in [6.45, 7) is 0. The molecule has 2 aromatic carbocycles. The Morgan fingerprint density at radius 1 is 1.19 bits per heavy atom. The van der Waals surface area contributed by atoms with Crippen LogP contribution in [0.2, 0.25) is 0 Å². The van der Waals surface area contributed by atoms with Gasteiger partial charge in [0.25, 0.3) is 5.69 Å². The van der Waals surface area contributed by atoms with E-state index in [1.807, 2.05) is 18.2 Å². The van der Waals surface area contributed by atoms with Crippen LogP contribution in [0.3, 0.4) is 0 Å². The first-order valence-electron chi connectivity index (χ1n) is 7.43. The molecule has 0 aliphatic carbocycles. The summed E-state index contributed by atoms with van der Waals surface area (Å²) in [7, 11) is 0. The summed E-state index contributed by atoms with van der Waals surface area (Å²) in [5.74, 6) is -0.215. The monoisotopic (exact) mass is 367 g/mol. The number of aromatic amines is 1. The number of hydrogen-bond acceptors (Lipinski definition) is 5. The van der Waals surface area contributed by atoms with Gasteiger partial charge in [0.1, 0.15) is 5.52 Å². The number of nitro benzene ring substituents is 1. The summed E-state index contributed by atoms with van der Waals surface area (Å²) in [6, 6.07) is 13.7. The number of aromatic hydroxyl groups is 1. The molecular weight excluding hydrogens is 354 g/mol. The SMILES string of the molecule is NC(=S)N=N/C(=C/c1c(O)[nH]c2c([N+](=O)[O-])cccc12)c1ccccc1. The number of nitrogens with one attached hydrogen (secondary N) is 1. The van der Waals surface area contributed by atoms with Gasteiger partial charge in [0.05, 0.1) is 10.6 Å². The largest absolute Gasteiger partial charge is 0.494 e. The molecule has 130 valence electrons. The third-order valence-electron chi connectivity index (χ3n) is 3.63. The number of thiocarbonyl (C=S) groups is 1. The van der Waals surface area contributed by atoms with E-state index in [1.54, 1.807) is 30.3 Å². The number of nitrogens with two attached hydrogens (primary N) is 1. The van der Waals surface area contributed by atoms with Gasteiger partial charge in [-0.15, -0.1) is 10.2 Å². The molecule has 26 heavy (non-hydrogen) atoms. The molecule has 3 aromatic rings. The lowest BCUT2D eigenvalue weighted by atomic mass is 10.1. The Balaban J connectivity index is 2.22. The first kappa shape index (κ1) is 17.2. The molecule has 0 amide bonds. The predicted octanol–water partition coefficient (Wildman–Crippen LogP) is 3.98. The number of azo groups is 1. The summed E-state index contributed by atoms with van der Waals surface area (Å²) in [5.41, 5.74) is 6.92. The van der Waals surface area contributed by atoms with Crippen molar-refractivity contribution < 1.29 is 10.0 Å². The van der Waals surface area contributed by atoms with Gasteiger partial charge >= 0.3 is 0 Å². The van der Waals surface area contributed by atoms with Crippen LogP contribution >= 0.6 is 12.2 Å². The number of para-hydroxylation sites is 1. The van der Waals surface area contributed by atoms with Gasteiger partial charge in [-0.1, -0.05) is 42.5 Å². The molecule has 0 fully saturated rings. The predicted molar refractivity (Wildman–Crippen MR) is 103 cm³/mol. The number of rotatable bonds is 4. The van der Waals surface area contributed by atoms with Crippen molar-refractivity contribution in [2.24, 2.45) is 16.0 Å². The standard InChI is InChI=1S/C17H13N5O3S/c18-17(26)21-20-13(10-5-2-1-3-6-10)9-12-11-7-4-8-14(22(24)25)15(11)19-16(12)23/h1-9,19,23H,(H2,18,26)/b13-9+,21-20?. The highest BCUT2D eigenvalue weighted by Crippen LogP contribution is 2.35. The number of non-ortho nitro benzene ring substituents is 1. The summed E-state index contributed by atoms with van der Waals surface area (Å²) in [4.78, 5) is 13.3. The Hall–Kier alpha value is -3.59. The molecule has 1 aromatic heterocycles. The fourth-order valence-corrected chi connectivity index (χ4v) is 2.57. The lowest BCUT2D eigenvalue weighted by Crippen LogP contribution is -2.01. The van der Waals surface area contributed by atoms with E-state index in [-0.39, 0.29) is 22.2 Å². The number of nitro groups is 1. The van der Waals surface area contributed by atoms with Gasteiger partial charge in [0.2, 0.25) is 5.11 Å². The maximum absolute atomic E-state index is 11.2. The Bertz CT molecular complexity index is 1060. The van der Waals surface area contributed by atoms with Gasteiger partial charge in [0, 0.05) is 22.6 Å². The van der Waals surface area contributed by atoms with Crippen LogP contribution in [0.1, 0.15) is 11.1 Å². The van der Waals surface area contributed by atoms with Crippen molar-refractivity contribution >= 4 is 45.7 Å². The van der Waals surface area contributed by atoms with Crippen molar-refractivity contribution in [3.8, 4) is 5.88 Å². The Morgan fingerprint density at radius 2 is 1.92 bits per heavy atom. The van der Waals surface area contributed by atoms with E-state index in [1.165, 1.54) is 6.07 Å². The summed E-state index contributed by atoms with van der Waals surface area (Å²) >= 11 is 4.72. The van der Waals surface area contributed by atoms with Gasteiger partial charge in [0.15, 0.2) is 5.88 Å². The van der Waals surface area contributed by atoms with Crippen molar-refractivity contribution in [3.05, 3.63) is 69.8 Å². The van der Waals surface area contributed by atoms with E-state index in [0.29, 0.717) is 22.2 Å². The van der Waals surface area contributed by atoms with Gasteiger partial charge < -0.3 is 15.8 Å². The third kappa shape index (κ3) is 3.42. The zero-order valence-corrected chi connectivity index (χ0v) is 14.1. The molecule has 0 saturated heterocycles. The quantitative estimate of drug-likeness (QED) is 0.278. The number of fused-ring (bicyclic) bond motifs is 1. The molecule has 0 unspecified atom stereocenters. The van der Waals surface area contributed by atoms with Crippen molar-refractivity contribution in [1.29, 1.82) is 0 Å². The fourth-order valence-electron chi connectivity index (χ4n) is 2.53. The summed E-state index contributed by atoms with van der Waals surface area (Å²) in [5, 5.41) is 29.5. The molecule has 0 spiro atoms. The second-order valence-corrected chi connectivity index (χ2v) is 5.70. The van der Waals surface area contributed by atoms with Crippen LogP contribution in [0, 0.1) is 10.1 Å². The van der Waals surface area contributed by atoms with Gasteiger partial charge in [-0.3, -0.25) is 10.1 Å². The lowest BCUT2D eigenvalue weighted by molar-refractivity contribution is -0.383. The topological polar surface area (TPSA) is 130 Å². The van der Waals surface area contributed by atoms with Gasteiger partial charge in [-0.05, 0) is 18.3 Å². The Morgan fingerprint density at radius 3 is 2.58 bits per heavy atom. The van der Waals surface area contributed by atoms with Gasteiger partial charge in [-0.2, -0.15) is 0 Å². The molecule has 0 atom stereocenters. The molecule has 0 aliphatic rings. The van der Waals surface area contributed by atoms with Crippen LogP contribution < -0.4 is 5.73 Å². The fraction of sp³-hybridized carbons (Fsp3) is 0. The minimum absolute atomic E-state index is 0.134. The smallest absolute Gasteiger partial charge is 0.293 e. The van der Waals surface area contributed by atoms with Gasteiger partial charge in [-0.25, -0.2) is 0 Å². The third-order valence-corrected chi connectivity index (χ3v) is 3.72. The first-order chi connectivity index (χ1) is 12.5. The highest BCUT2D eigenvalue weighted by Gasteiger charge is 2.18. The number of nitrogens with zero attached hydrogens (tertiary/aromatic N) is 3. The molecule has 0 radical (unpaired) electrons. The molecule has 4 N–H and O–H groups in total. The van der Waals surface area contributed by atoms with E-state index in [9.17, 15) is 15.2 Å². The maximum Gasteiger partial charge on any atom is 0.293 e. The van der Waals surface area contributed by atoms with Crippen molar-refractivity contribution in [2.75, 3.05) is 0 Å². The minimum atomic E-state index is -0.517. The molecule has 1 heterocycles. The zero-order chi connectivity index (χ0) is 18.7.